The van der Waals surface area contributed by atoms with Gasteiger partial charge in [-0.3, -0.25) is 0 Å². The quantitative estimate of drug-likeness (QED) is 0.911. The number of alkyl halides is 3. The van der Waals surface area contributed by atoms with E-state index < -0.39 is 11.7 Å². The van der Waals surface area contributed by atoms with E-state index in [4.69, 9.17) is 0 Å². The number of hydrogen-bond acceptors (Lipinski definition) is 2. The molecule has 2 nitrogen and oxygen atoms in total. The summed E-state index contributed by atoms with van der Waals surface area (Å²) in [4.78, 5) is 3.97. The molecule has 3 rings (SSSR count). The minimum absolute atomic E-state index is 0.0389. The Balaban J connectivity index is 1.71. The molecule has 1 fully saturated rings. The van der Waals surface area contributed by atoms with Crippen molar-refractivity contribution >= 4 is 5.82 Å². The molecule has 1 aliphatic rings. The predicted molar refractivity (Wildman–Crippen MR) is 75.1 cm³/mol. The molecule has 0 spiro atoms. The van der Waals surface area contributed by atoms with Gasteiger partial charge >= 0.3 is 6.18 Å². The van der Waals surface area contributed by atoms with Crippen molar-refractivity contribution in [2.45, 2.75) is 24.4 Å². The highest BCUT2D eigenvalue weighted by Gasteiger charge is 2.43. The third-order valence-electron chi connectivity index (χ3n) is 3.93. The molecule has 0 amide bonds. The lowest BCUT2D eigenvalue weighted by molar-refractivity contribution is -0.137. The molecule has 0 unspecified atom stereocenters. The molecule has 1 aromatic carbocycles. The maximum absolute atomic E-state index is 12.7. The first-order chi connectivity index (χ1) is 10.00. The maximum Gasteiger partial charge on any atom is 0.416 e. The fraction of sp³-hybridized carbons (Fsp3) is 0.312. The molecular weight excluding hydrogens is 277 g/mol. The standard InChI is InChI=1S/C16H15F3N2/c17-16(18,19)13-6-9-20-14(10-13)21-11-15(7-8-15)12-4-2-1-3-5-12/h1-6,9-10H,7-8,11H2,(H,20,21). The van der Waals surface area contributed by atoms with Gasteiger partial charge in [-0.05, 0) is 30.5 Å². The number of anilines is 1. The molecule has 1 aromatic heterocycles. The van der Waals surface area contributed by atoms with E-state index in [9.17, 15) is 13.2 Å². The lowest BCUT2D eigenvalue weighted by atomic mass is 9.96. The number of nitrogens with zero attached hydrogens (tertiary/aromatic N) is 1. The Morgan fingerprint density at radius 3 is 2.43 bits per heavy atom. The smallest absolute Gasteiger partial charge is 0.369 e. The van der Waals surface area contributed by atoms with Gasteiger partial charge in [0.1, 0.15) is 5.82 Å². The van der Waals surface area contributed by atoms with Gasteiger partial charge in [0.2, 0.25) is 0 Å². The first-order valence-electron chi connectivity index (χ1n) is 6.82. The van der Waals surface area contributed by atoms with E-state index in [2.05, 4.69) is 22.4 Å². The Hall–Kier alpha value is -2.04. The fourth-order valence-corrected chi connectivity index (χ4v) is 2.47. The number of benzene rings is 1. The highest BCUT2D eigenvalue weighted by molar-refractivity contribution is 5.42. The monoisotopic (exact) mass is 292 g/mol. The van der Waals surface area contributed by atoms with Gasteiger partial charge in [-0.25, -0.2) is 4.98 Å². The van der Waals surface area contributed by atoms with Gasteiger partial charge in [0, 0.05) is 18.2 Å². The van der Waals surface area contributed by atoms with E-state index in [1.807, 2.05) is 18.2 Å². The largest absolute Gasteiger partial charge is 0.416 e. The van der Waals surface area contributed by atoms with Crippen LogP contribution in [-0.4, -0.2) is 11.5 Å². The molecule has 0 aliphatic heterocycles. The molecule has 0 saturated heterocycles. The normalized spacial score (nSPS) is 16.5. The molecule has 5 heteroatoms. The van der Waals surface area contributed by atoms with Gasteiger partial charge in [0.25, 0.3) is 0 Å². The molecule has 2 aromatic rings. The van der Waals surface area contributed by atoms with Crippen LogP contribution in [0.1, 0.15) is 24.0 Å². The lowest BCUT2D eigenvalue weighted by Gasteiger charge is -2.17. The fourth-order valence-electron chi connectivity index (χ4n) is 2.47. The minimum atomic E-state index is -4.34. The van der Waals surface area contributed by atoms with Crippen molar-refractivity contribution in [3.05, 3.63) is 59.8 Å². The van der Waals surface area contributed by atoms with E-state index in [-0.39, 0.29) is 11.2 Å². The number of halogens is 3. The molecule has 1 heterocycles. The number of nitrogens with one attached hydrogen (secondary N) is 1. The summed E-state index contributed by atoms with van der Waals surface area (Å²) in [6.45, 7) is 0.603. The average molecular weight is 292 g/mol. The second-order valence-corrected chi connectivity index (χ2v) is 5.43. The van der Waals surface area contributed by atoms with Gasteiger partial charge in [0.15, 0.2) is 0 Å². The Morgan fingerprint density at radius 1 is 1.10 bits per heavy atom. The molecule has 1 aliphatic carbocycles. The van der Waals surface area contributed by atoms with Crippen LogP contribution in [-0.2, 0) is 11.6 Å². The Morgan fingerprint density at radius 2 is 1.81 bits per heavy atom. The summed E-state index contributed by atoms with van der Waals surface area (Å²) in [5.41, 5.74) is 0.589. The zero-order valence-electron chi connectivity index (χ0n) is 11.3. The molecular formula is C16H15F3N2. The first-order valence-corrected chi connectivity index (χ1v) is 6.82. The Kier molecular flexibility index (Phi) is 3.35. The van der Waals surface area contributed by atoms with Crippen molar-refractivity contribution in [2.75, 3.05) is 11.9 Å². The Labute approximate surface area is 121 Å². The van der Waals surface area contributed by atoms with Crippen LogP contribution in [0.4, 0.5) is 19.0 Å². The Bertz CT molecular complexity index is 619. The predicted octanol–water partition coefficient (Wildman–Crippen LogP) is 4.24. The van der Waals surface area contributed by atoms with Crippen LogP contribution >= 0.6 is 0 Å². The molecule has 21 heavy (non-hydrogen) atoms. The van der Waals surface area contributed by atoms with Crippen molar-refractivity contribution < 1.29 is 13.2 Å². The van der Waals surface area contributed by atoms with E-state index in [0.29, 0.717) is 6.54 Å². The molecule has 110 valence electrons. The van der Waals surface area contributed by atoms with Gasteiger partial charge in [-0.15, -0.1) is 0 Å². The number of aromatic nitrogens is 1. The van der Waals surface area contributed by atoms with Crippen LogP contribution in [0.2, 0.25) is 0 Å². The highest BCUT2D eigenvalue weighted by atomic mass is 19.4. The lowest BCUT2D eigenvalue weighted by Crippen LogP contribution is -2.20. The van der Waals surface area contributed by atoms with Crippen LogP contribution in [0.25, 0.3) is 0 Å². The minimum Gasteiger partial charge on any atom is -0.369 e. The van der Waals surface area contributed by atoms with Crippen molar-refractivity contribution in [1.29, 1.82) is 0 Å². The summed E-state index contributed by atoms with van der Waals surface area (Å²) in [5, 5.41) is 3.05. The van der Waals surface area contributed by atoms with Gasteiger partial charge in [-0.2, -0.15) is 13.2 Å². The van der Waals surface area contributed by atoms with E-state index in [0.717, 1.165) is 25.0 Å². The number of rotatable bonds is 4. The van der Waals surface area contributed by atoms with Crippen LogP contribution in [0.15, 0.2) is 48.7 Å². The molecule has 0 atom stereocenters. The van der Waals surface area contributed by atoms with Crippen LogP contribution in [0.3, 0.4) is 0 Å². The van der Waals surface area contributed by atoms with E-state index in [1.54, 1.807) is 0 Å². The zero-order valence-corrected chi connectivity index (χ0v) is 11.3. The topological polar surface area (TPSA) is 24.9 Å². The van der Waals surface area contributed by atoms with Crippen molar-refractivity contribution in [2.24, 2.45) is 0 Å². The number of hydrogen-bond donors (Lipinski definition) is 1. The second kappa shape index (κ2) is 5.06. The van der Waals surface area contributed by atoms with Gasteiger partial charge < -0.3 is 5.32 Å². The third kappa shape index (κ3) is 3.01. The van der Waals surface area contributed by atoms with Crippen molar-refractivity contribution in [1.82, 2.24) is 4.98 Å². The third-order valence-corrected chi connectivity index (χ3v) is 3.93. The van der Waals surface area contributed by atoms with Gasteiger partial charge in [0.05, 0.1) is 5.56 Å². The first kappa shape index (κ1) is 13.9. The van der Waals surface area contributed by atoms with Crippen LogP contribution < -0.4 is 5.32 Å². The highest BCUT2D eigenvalue weighted by Crippen LogP contribution is 2.48. The molecule has 0 radical (unpaired) electrons. The average Bonchev–Trinajstić information content (AvgIpc) is 3.27. The molecule has 1 saturated carbocycles. The van der Waals surface area contributed by atoms with E-state index >= 15 is 0 Å². The van der Waals surface area contributed by atoms with Gasteiger partial charge in [-0.1, -0.05) is 30.3 Å². The van der Waals surface area contributed by atoms with Crippen LogP contribution in [0, 0.1) is 0 Å². The SMILES string of the molecule is FC(F)(F)c1ccnc(NCC2(c3ccccc3)CC2)c1. The van der Waals surface area contributed by atoms with E-state index in [1.165, 1.54) is 11.8 Å². The zero-order chi connectivity index (χ0) is 14.9. The van der Waals surface area contributed by atoms with Crippen LogP contribution in [0.5, 0.6) is 0 Å². The number of pyridine rings is 1. The van der Waals surface area contributed by atoms with Crippen molar-refractivity contribution in [3.63, 3.8) is 0 Å². The summed E-state index contributed by atoms with van der Waals surface area (Å²) in [6.07, 6.45) is -1.06. The molecule has 1 N–H and O–H groups in total. The summed E-state index contributed by atoms with van der Waals surface area (Å²) >= 11 is 0. The summed E-state index contributed by atoms with van der Waals surface area (Å²) < 4.78 is 38.0. The summed E-state index contributed by atoms with van der Waals surface area (Å²) in [6, 6.07) is 12.1. The summed E-state index contributed by atoms with van der Waals surface area (Å²) in [7, 11) is 0. The summed E-state index contributed by atoms with van der Waals surface area (Å²) in [5.74, 6) is 0.270. The van der Waals surface area contributed by atoms with Crippen molar-refractivity contribution in [3.8, 4) is 0 Å². The maximum atomic E-state index is 12.7. The molecule has 0 bridgehead atoms. The second-order valence-electron chi connectivity index (χ2n) is 5.43.